The van der Waals surface area contributed by atoms with E-state index in [0.29, 0.717) is 5.92 Å². The van der Waals surface area contributed by atoms with E-state index in [9.17, 15) is 0 Å². The molecule has 0 bridgehead atoms. The van der Waals surface area contributed by atoms with E-state index in [-0.39, 0.29) is 6.04 Å². The van der Waals surface area contributed by atoms with Crippen LogP contribution in [0, 0.1) is 0 Å². The summed E-state index contributed by atoms with van der Waals surface area (Å²) in [6.07, 6.45) is 2.84. The minimum atomic E-state index is 0.283. The van der Waals surface area contributed by atoms with Gasteiger partial charge >= 0.3 is 0 Å². The van der Waals surface area contributed by atoms with Gasteiger partial charge in [-0.25, -0.2) is 0 Å². The summed E-state index contributed by atoms with van der Waals surface area (Å²) >= 11 is 0. The zero-order valence-corrected chi connectivity index (χ0v) is 12.6. The predicted octanol–water partition coefficient (Wildman–Crippen LogP) is 4.10. The van der Waals surface area contributed by atoms with Crippen LogP contribution in [0.3, 0.4) is 0 Å². The number of hydrogen-bond donors (Lipinski definition) is 1. The van der Waals surface area contributed by atoms with Gasteiger partial charge in [0, 0.05) is 6.20 Å². The van der Waals surface area contributed by atoms with Gasteiger partial charge in [-0.15, -0.1) is 0 Å². The first kappa shape index (κ1) is 14.7. The van der Waals surface area contributed by atoms with Gasteiger partial charge in [-0.3, -0.25) is 4.98 Å². The molecule has 1 N–H and O–H groups in total. The molecule has 1 aromatic heterocycles. The maximum absolute atomic E-state index is 4.48. The van der Waals surface area contributed by atoms with E-state index in [1.165, 1.54) is 11.1 Å². The smallest absolute Gasteiger partial charge is 0.0576 e. The fraction of sp³-hybridized carbons (Fsp3) is 0.389. The largest absolute Gasteiger partial charge is 0.309 e. The Morgan fingerprint density at radius 3 is 2.35 bits per heavy atom. The van der Waals surface area contributed by atoms with Crippen LogP contribution in [0.2, 0.25) is 0 Å². The molecule has 0 saturated carbocycles. The fourth-order valence-corrected chi connectivity index (χ4v) is 2.38. The molecule has 1 unspecified atom stereocenters. The molecule has 2 nitrogen and oxygen atoms in total. The van der Waals surface area contributed by atoms with Crippen molar-refractivity contribution in [3.8, 4) is 0 Å². The zero-order chi connectivity index (χ0) is 14.4. The average molecular weight is 268 g/mol. The highest BCUT2D eigenvalue weighted by Gasteiger charge is 2.12. The summed E-state index contributed by atoms with van der Waals surface area (Å²) in [6.45, 7) is 7.54. The summed E-state index contributed by atoms with van der Waals surface area (Å²) in [5, 5.41) is 3.52. The minimum Gasteiger partial charge on any atom is -0.309 e. The molecule has 1 atom stereocenters. The highest BCUT2D eigenvalue weighted by molar-refractivity contribution is 5.26. The summed E-state index contributed by atoms with van der Waals surface area (Å²) < 4.78 is 0. The van der Waals surface area contributed by atoms with Crippen molar-refractivity contribution in [3.05, 3.63) is 65.5 Å². The molecule has 0 radical (unpaired) electrons. The van der Waals surface area contributed by atoms with Crippen molar-refractivity contribution >= 4 is 0 Å². The third-order valence-electron chi connectivity index (χ3n) is 3.58. The molecule has 0 fully saturated rings. The van der Waals surface area contributed by atoms with Crippen LogP contribution in [0.25, 0.3) is 0 Å². The molecule has 0 spiro atoms. The number of hydrogen-bond acceptors (Lipinski definition) is 2. The van der Waals surface area contributed by atoms with E-state index < -0.39 is 0 Å². The molecule has 2 aromatic rings. The lowest BCUT2D eigenvalue weighted by Crippen LogP contribution is -2.23. The van der Waals surface area contributed by atoms with Gasteiger partial charge < -0.3 is 5.32 Å². The normalized spacial score (nSPS) is 12.6. The topological polar surface area (TPSA) is 24.9 Å². The molecular formula is C18H24N2. The van der Waals surface area contributed by atoms with Gasteiger partial charge in [0.1, 0.15) is 0 Å². The summed E-state index contributed by atoms with van der Waals surface area (Å²) in [5.41, 5.74) is 3.86. The summed E-state index contributed by atoms with van der Waals surface area (Å²) in [4.78, 5) is 4.48. The standard InChI is InChI=1S/C18H24N2/c1-4-19-18(17-7-5-6-12-20-17)13-15-8-10-16(11-9-15)14(2)3/h5-12,14,18-19H,4,13H2,1-3H3. The second kappa shape index (κ2) is 7.20. The predicted molar refractivity (Wildman–Crippen MR) is 84.9 cm³/mol. The molecule has 1 heterocycles. The fourth-order valence-electron chi connectivity index (χ4n) is 2.38. The quantitative estimate of drug-likeness (QED) is 0.853. The Labute approximate surface area is 122 Å². The summed E-state index contributed by atoms with van der Waals surface area (Å²) in [5.74, 6) is 0.587. The Bertz CT molecular complexity index is 503. The molecule has 106 valence electrons. The Morgan fingerprint density at radius 2 is 1.80 bits per heavy atom. The molecule has 0 aliphatic rings. The minimum absolute atomic E-state index is 0.283. The van der Waals surface area contributed by atoms with Gasteiger partial charge in [-0.05, 0) is 42.1 Å². The van der Waals surface area contributed by atoms with E-state index >= 15 is 0 Å². The Kier molecular flexibility index (Phi) is 5.31. The van der Waals surface area contributed by atoms with E-state index in [2.05, 4.69) is 67.5 Å². The molecule has 20 heavy (non-hydrogen) atoms. The summed E-state index contributed by atoms with van der Waals surface area (Å²) in [6, 6.07) is 15.3. The molecule has 0 saturated heterocycles. The molecule has 0 aliphatic heterocycles. The average Bonchev–Trinajstić information content (AvgIpc) is 2.48. The number of likely N-dealkylation sites (N-methyl/N-ethyl adjacent to an activating group) is 1. The molecule has 0 aliphatic carbocycles. The van der Waals surface area contributed by atoms with Gasteiger partial charge in [0.2, 0.25) is 0 Å². The van der Waals surface area contributed by atoms with Gasteiger partial charge in [0.25, 0.3) is 0 Å². The third kappa shape index (κ3) is 3.91. The first-order chi connectivity index (χ1) is 9.70. The molecule has 2 heteroatoms. The van der Waals surface area contributed by atoms with Crippen LogP contribution in [-0.4, -0.2) is 11.5 Å². The second-order valence-electron chi connectivity index (χ2n) is 5.47. The molecule has 0 amide bonds. The SMILES string of the molecule is CCNC(Cc1ccc(C(C)C)cc1)c1ccccn1. The van der Waals surface area contributed by atoms with Crippen molar-refractivity contribution in [1.29, 1.82) is 0 Å². The van der Waals surface area contributed by atoms with Crippen molar-refractivity contribution < 1.29 is 0 Å². The van der Waals surface area contributed by atoms with Crippen molar-refractivity contribution in [2.75, 3.05) is 6.54 Å². The maximum atomic E-state index is 4.48. The van der Waals surface area contributed by atoms with Crippen molar-refractivity contribution in [2.45, 2.75) is 39.2 Å². The van der Waals surface area contributed by atoms with Crippen LogP contribution in [0.4, 0.5) is 0 Å². The number of aromatic nitrogens is 1. The highest BCUT2D eigenvalue weighted by atomic mass is 14.9. The molecule has 2 rings (SSSR count). The first-order valence-corrected chi connectivity index (χ1v) is 7.44. The van der Waals surface area contributed by atoms with Crippen LogP contribution in [0.15, 0.2) is 48.7 Å². The number of nitrogens with zero attached hydrogens (tertiary/aromatic N) is 1. The number of pyridine rings is 1. The van der Waals surface area contributed by atoms with E-state index in [1.54, 1.807) is 0 Å². The lowest BCUT2D eigenvalue weighted by atomic mass is 9.98. The van der Waals surface area contributed by atoms with Crippen molar-refractivity contribution in [2.24, 2.45) is 0 Å². The van der Waals surface area contributed by atoms with Gasteiger partial charge in [0.05, 0.1) is 11.7 Å². The zero-order valence-electron chi connectivity index (χ0n) is 12.6. The van der Waals surface area contributed by atoms with E-state index in [4.69, 9.17) is 0 Å². The Hall–Kier alpha value is -1.67. The van der Waals surface area contributed by atoms with Crippen LogP contribution in [0.5, 0.6) is 0 Å². The van der Waals surface area contributed by atoms with Crippen LogP contribution < -0.4 is 5.32 Å². The van der Waals surface area contributed by atoms with Crippen molar-refractivity contribution in [1.82, 2.24) is 10.3 Å². The van der Waals surface area contributed by atoms with Crippen LogP contribution in [-0.2, 0) is 6.42 Å². The number of rotatable bonds is 6. The van der Waals surface area contributed by atoms with Crippen LogP contribution >= 0.6 is 0 Å². The molecular weight excluding hydrogens is 244 g/mol. The van der Waals surface area contributed by atoms with Gasteiger partial charge in [-0.2, -0.15) is 0 Å². The Morgan fingerprint density at radius 1 is 1.05 bits per heavy atom. The maximum Gasteiger partial charge on any atom is 0.0576 e. The lowest BCUT2D eigenvalue weighted by Gasteiger charge is -2.18. The monoisotopic (exact) mass is 268 g/mol. The second-order valence-corrected chi connectivity index (χ2v) is 5.47. The molecule has 1 aromatic carbocycles. The lowest BCUT2D eigenvalue weighted by molar-refractivity contribution is 0.536. The van der Waals surface area contributed by atoms with E-state index in [1.807, 2.05) is 12.3 Å². The van der Waals surface area contributed by atoms with Crippen molar-refractivity contribution in [3.63, 3.8) is 0 Å². The Balaban J connectivity index is 2.12. The first-order valence-electron chi connectivity index (χ1n) is 7.44. The van der Waals surface area contributed by atoms with Gasteiger partial charge in [0.15, 0.2) is 0 Å². The number of nitrogens with one attached hydrogen (secondary N) is 1. The highest BCUT2D eigenvalue weighted by Crippen LogP contribution is 2.19. The summed E-state index contributed by atoms with van der Waals surface area (Å²) in [7, 11) is 0. The van der Waals surface area contributed by atoms with Crippen LogP contribution in [0.1, 0.15) is 49.6 Å². The van der Waals surface area contributed by atoms with Gasteiger partial charge in [-0.1, -0.05) is 51.1 Å². The van der Waals surface area contributed by atoms with E-state index in [0.717, 1.165) is 18.7 Å². The number of benzene rings is 1. The third-order valence-corrected chi connectivity index (χ3v) is 3.58.